The first-order valence-electron chi connectivity index (χ1n) is 4.18. The van der Waals surface area contributed by atoms with Crippen LogP contribution in [0.15, 0.2) is 0 Å². The first-order valence-corrected chi connectivity index (χ1v) is 4.18. The lowest BCUT2D eigenvalue weighted by Gasteiger charge is -2.27. The third kappa shape index (κ3) is 2.18. The molecule has 0 aromatic rings. The SMILES string of the molecule is CNC1(C(=O)OC)COCCOC1. The Morgan fingerprint density at radius 1 is 1.38 bits per heavy atom. The highest BCUT2D eigenvalue weighted by Crippen LogP contribution is 2.11. The topological polar surface area (TPSA) is 56.8 Å². The van der Waals surface area contributed by atoms with Crippen LogP contribution in [0.2, 0.25) is 0 Å². The van der Waals surface area contributed by atoms with Gasteiger partial charge in [-0.3, -0.25) is 0 Å². The maximum absolute atomic E-state index is 11.4. The van der Waals surface area contributed by atoms with Gasteiger partial charge in [0.05, 0.1) is 33.5 Å². The van der Waals surface area contributed by atoms with Crippen molar-refractivity contribution in [2.75, 3.05) is 40.6 Å². The van der Waals surface area contributed by atoms with E-state index in [1.807, 2.05) is 0 Å². The third-order valence-electron chi connectivity index (χ3n) is 2.12. The van der Waals surface area contributed by atoms with Crippen LogP contribution in [0.1, 0.15) is 0 Å². The largest absolute Gasteiger partial charge is 0.468 e. The molecule has 5 heteroatoms. The number of carbonyl (C=O) groups is 1. The van der Waals surface area contributed by atoms with Crippen molar-refractivity contribution in [3.8, 4) is 0 Å². The van der Waals surface area contributed by atoms with E-state index in [4.69, 9.17) is 9.47 Å². The number of rotatable bonds is 2. The molecule has 1 rings (SSSR count). The highest BCUT2D eigenvalue weighted by Gasteiger charge is 2.40. The van der Waals surface area contributed by atoms with Gasteiger partial charge in [-0.15, -0.1) is 0 Å². The number of nitrogens with one attached hydrogen (secondary N) is 1. The Morgan fingerprint density at radius 2 is 1.92 bits per heavy atom. The second-order valence-electron chi connectivity index (χ2n) is 2.93. The summed E-state index contributed by atoms with van der Waals surface area (Å²) in [7, 11) is 3.04. The van der Waals surface area contributed by atoms with Crippen LogP contribution in [0.5, 0.6) is 0 Å². The summed E-state index contributed by atoms with van der Waals surface area (Å²) in [6.07, 6.45) is 0. The molecule has 0 atom stereocenters. The van der Waals surface area contributed by atoms with Gasteiger partial charge in [0, 0.05) is 0 Å². The molecule has 1 saturated heterocycles. The molecule has 13 heavy (non-hydrogen) atoms. The van der Waals surface area contributed by atoms with E-state index in [9.17, 15) is 4.79 Å². The number of carbonyl (C=O) groups excluding carboxylic acids is 1. The molecule has 5 nitrogen and oxygen atoms in total. The van der Waals surface area contributed by atoms with E-state index >= 15 is 0 Å². The molecule has 76 valence electrons. The van der Waals surface area contributed by atoms with Crippen LogP contribution in [0, 0.1) is 0 Å². The van der Waals surface area contributed by atoms with Crippen LogP contribution in [-0.4, -0.2) is 52.1 Å². The molecule has 0 saturated carbocycles. The minimum absolute atomic E-state index is 0.288. The zero-order valence-corrected chi connectivity index (χ0v) is 7.96. The summed E-state index contributed by atoms with van der Waals surface area (Å²) >= 11 is 0. The van der Waals surface area contributed by atoms with Crippen LogP contribution >= 0.6 is 0 Å². The Morgan fingerprint density at radius 3 is 2.31 bits per heavy atom. The van der Waals surface area contributed by atoms with Crippen molar-refractivity contribution in [1.82, 2.24) is 5.32 Å². The van der Waals surface area contributed by atoms with Gasteiger partial charge in [-0.05, 0) is 7.05 Å². The lowest BCUT2D eigenvalue weighted by Crippen LogP contribution is -2.57. The number of methoxy groups -OCH3 is 1. The molecular formula is C8H15NO4. The monoisotopic (exact) mass is 189 g/mol. The van der Waals surface area contributed by atoms with Gasteiger partial charge in [0.2, 0.25) is 0 Å². The summed E-state index contributed by atoms with van der Waals surface area (Å²) in [6, 6.07) is 0. The second kappa shape index (κ2) is 4.55. The molecule has 0 spiro atoms. The molecule has 0 bridgehead atoms. The molecule has 0 aromatic heterocycles. The molecule has 0 amide bonds. The first-order chi connectivity index (χ1) is 6.25. The van der Waals surface area contributed by atoms with Crippen molar-refractivity contribution in [1.29, 1.82) is 0 Å². The summed E-state index contributed by atoms with van der Waals surface area (Å²) in [5.41, 5.74) is -0.842. The fourth-order valence-electron chi connectivity index (χ4n) is 1.21. The minimum atomic E-state index is -0.842. The maximum Gasteiger partial charge on any atom is 0.330 e. The van der Waals surface area contributed by atoms with E-state index in [0.29, 0.717) is 13.2 Å². The molecule has 0 unspecified atom stereocenters. The van der Waals surface area contributed by atoms with E-state index in [-0.39, 0.29) is 19.2 Å². The number of esters is 1. The predicted molar refractivity (Wildman–Crippen MR) is 45.4 cm³/mol. The van der Waals surface area contributed by atoms with E-state index in [2.05, 4.69) is 10.1 Å². The fourth-order valence-corrected chi connectivity index (χ4v) is 1.21. The Bertz CT molecular complexity index is 175. The van der Waals surface area contributed by atoms with E-state index in [1.165, 1.54) is 7.11 Å². The van der Waals surface area contributed by atoms with Gasteiger partial charge in [0.25, 0.3) is 0 Å². The van der Waals surface area contributed by atoms with Crippen LogP contribution < -0.4 is 5.32 Å². The highest BCUT2D eigenvalue weighted by molar-refractivity contribution is 5.81. The zero-order chi connectivity index (χ0) is 9.73. The average molecular weight is 189 g/mol. The zero-order valence-electron chi connectivity index (χ0n) is 7.96. The van der Waals surface area contributed by atoms with Crippen molar-refractivity contribution in [3.05, 3.63) is 0 Å². The van der Waals surface area contributed by atoms with Crippen LogP contribution in [0.3, 0.4) is 0 Å². The van der Waals surface area contributed by atoms with Crippen molar-refractivity contribution < 1.29 is 19.0 Å². The molecule has 1 heterocycles. The number of ether oxygens (including phenoxy) is 3. The summed E-state index contributed by atoms with van der Waals surface area (Å²) < 4.78 is 15.2. The maximum atomic E-state index is 11.4. The molecule has 0 radical (unpaired) electrons. The Hall–Kier alpha value is -0.650. The lowest BCUT2D eigenvalue weighted by atomic mass is 10.0. The molecule has 1 aliphatic heterocycles. The van der Waals surface area contributed by atoms with Crippen molar-refractivity contribution in [3.63, 3.8) is 0 Å². The molecule has 1 aliphatic rings. The van der Waals surface area contributed by atoms with Crippen molar-refractivity contribution in [2.45, 2.75) is 5.54 Å². The quantitative estimate of drug-likeness (QED) is 0.574. The lowest BCUT2D eigenvalue weighted by molar-refractivity contribution is -0.152. The third-order valence-corrected chi connectivity index (χ3v) is 2.12. The molecular weight excluding hydrogens is 174 g/mol. The standard InChI is InChI=1S/C8H15NO4/c1-9-8(7(10)11-2)5-12-3-4-13-6-8/h9H,3-6H2,1-2H3. The van der Waals surface area contributed by atoms with E-state index < -0.39 is 5.54 Å². The minimum Gasteiger partial charge on any atom is -0.468 e. The van der Waals surface area contributed by atoms with Crippen LogP contribution in [0.25, 0.3) is 0 Å². The first kappa shape index (κ1) is 10.4. The van der Waals surface area contributed by atoms with Gasteiger partial charge in [-0.1, -0.05) is 0 Å². The molecule has 0 aliphatic carbocycles. The molecule has 0 aromatic carbocycles. The normalized spacial score (nSPS) is 22.0. The van der Waals surface area contributed by atoms with Gasteiger partial charge in [-0.2, -0.15) is 0 Å². The van der Waals surface area contributed by atoms with Gasteiger partial charge < -0.3 is 19.5 Å². The Labute approximate surface area is 77.3 Å². The fraction of sp³-hybridized carbons (Fsp3) is 0.875. The molecule has 1 fully saturated rings. The average Bonchev–Trinajstić information content (AvgIpc) is 2.42. The highest BCUT2D eigenvalue weighted by atomic mass is 16.6. The smallest absolute Gasteiger partial charge is 0.330 e. The summed E-state index contributed by atoms with van der Waals surface area (Å²) in [6.45, 7) is 1.60. The summed E-state index contributed by atoms with van der Waals surface area (Å²) in [5, 5.41) is 2.88. The summed E-state index contributed by atoms with van der Waals surface area (Å²) in [4.78, 5) is 11.4. The van der Waals surface area contributed by atoms with Gasteiger partial charge in [0.15, 0.2) is 5.54 Å². The number of hydrogen-bond acceptors (Lipinski definition) is 5. The van der Waals surface area contributed by atoms with Gasteiger partial charge >= 0.3 is 5.97 Å². The van der Waals surface area contributed by atoms with Gasteiger partial charge in [-0.25, -0.2) is 4.79 Å². The van der Waals surface area contributed by atoms with Crippen molar-refractivity contribution in [2.24, 2.45) is 0 Å². The predicted octanol–water partition coefficient (Wildman–Crippen LogP) is -0.836. The second-order valence-corrected chi connectivity index (χ2v) is 2.93. The Kier molecular flexibility index (Phi) is 3.65. The van der Waals surface area contributed by atoms with Crippen molar-refractivity contribution >= 4 is 5.97 Å². The van der Waals surface area contributed by atoms with Gasteiger partial charge in [0.1, 0.15) is 0 Å². The van der Waals surface area contributed by atoms with Crippen LogP contribution in [-0.2, 0) is 19.0 Å². The summed E-state index contributed by atoms with van der Waals surface area (Å²) in [5.74, 6) is -0.350. The molecule has 1 N–H and O–H groups in total. The van der Waals surface area contributed by atoms with Crippen LogP contribution in [0.4, 0.5) is 0 Å². The Balaban J connectivity index is 2.70. The van der Waals surface area contributed by atoms with E-state index in [1.54, 1.807) is 7.05 Å². The van der Waals surface area contributed by atoms with E-state index in [0.717, 1.165) is 0 Å². The number of likely N-dealkylation sites (N-methyl/N-ethyl adjacent to an activating group) is 1. The number of hydrogen-bond donors (Lipinski definition) is 1.